The molecule has 0 atom stereocenters. The summed E-state index contributed by atoms with van der Waals surface area (Å²) in [5.74, 6) is 0. The van der Waals surface area contributed by atoms with E-state index in [2.05, 4.69) is 67.6 Å². The number of hydrogen-bond acceptors (Lipinski definition) is 1. The second-order valence-corrected chi connectivity index (χ2v) is 6.06. The molecule has 0 aliphatic rings. The van der Waals surface area contributed by atoms with Crippen molar-refractivity contribution in [2.75, 3.05) is 0 Å². The number of aryl methyl sites for hydroxylation is 1. The monoisotopic (exact) mass is 316 g/mol. The van der Waals surface area contributed by atoms with Crippen molar-refractivity contribution in [2.45, 2.75) is 19.8 Å². The Morgan fingerprint density at radius 1 is 0.739 bits per heavy atom. The quantitative estimate of drug-likeness (QED) is 0.406. The summed E-state index contributed by atoms with van der Waals surface area (Å²) in [5, 5.41) is 0. The van der Waals surface area contributed by atoms with Crippen molar-refractivity contribution in [3.63, 3.8) is 0 Å². The van der Waals surface area contributed by atoms with E-state index < -0.39 is 0 Å². The molecule has 0 aromatic heterocycles. The first kappa shape index (κ1) is 15.6. The Balaban J connectivity index is 2.11. The first-order valence-corrected chi connectivity index (χ1v) is 8.49. The van der Waals surface area contributed by atoms with Crippen molar-refractivity contribution in [2.24, 2.45) is 0 Å². The zero-order valence-corrected chi connectivity index (χ0v) is 14.1. The van der Waals surface area contributed by atoms with Crippen molar-refractivity contribution in [1.82, 2.24) is 0 Å². The minimum Gasteiger partial charge on any atom is -0.0788 e. The molecule has 1 heteroatoms. The minimum atomic E-state index is 0.910. The summed E-state index contributed by atoms with van der Waals surface area (Å²) in [7, 11) is 0. The molecule has 0 saturated heterocycles. The van der Waals surface area contributed by atoms with Gasteiger partial charge in [-0.2, -0.15) is 0 Å². The van der Waals surface area contributed by atoms with Crippen LogP contribution < -0.4 is 0 Å². The molecule has 0 bridgehead atoms. The lowest BCUT2D eigenvalue weighted by molar-refractivity contribution is 0.923. The average Bonchev–Trinajstić information content (AvgIpc) is 2.63. The van der Waals surface area contributed by atoms with Crippen LogP contribution in [0.25, 0.3) is 11.1 Å². The Hall–Kier alpha value is -2.25. The summed E-state index contributed by atoms with van der Waals surface area (Å²) < 4.78 is 0. The number of benzene rings is 3. The van der Waals surface area contributed by atoms with E-state index in [0.717, 1.165) is 28.8 Å². The molecule has 114 valence electrons. The van der Waals surface area contributed by atoms with Crippen LogP contribution in [0.3, 0.4) is 0 Å². The van der Waals surface area contributed by atoms with E-state index in [4.69, 9.17) is 12.2 Å². The maximum absolute atomic E-state index is 5.78. The van der Waals surface area contributed by atoms with E-state index in [1.807, 2.05) is 18.2 Å². The van der Waals surface area contributed by atoms with E-state index in [1.54, 1.807) is 0 Å². The molecule has 0 spiro atoms. The standard InChI is InChI=1S/C22H20S/c1-2-10-17-11-6-7-14-19(17)20-15-8-9-16-21(20)22(23)18-12-4-3-5-13-18/h3-9,11-16H,2,10H2,1H3. The molecule has 0 aliphatic heterocycles. The van der Waals surface area contributed by atoms with Crippen LogP contribution in [0, 0.1) is 0 Å². The van der Waals surface area contributed by atoms with Gasteiger partial charge < -0.3 is 0 Å². The summed E-state index contributed by atoms with van der Waals surface area (Å²) in [6.45, 7) is 2.22. The molecule has 0 fully saturated rings. The molecule has 0 heterocycles. The Labute approximate surface area is 143 Å². The van der Waals surface area contributed by atoms with Gasteiger partial charge in [0.05, 0.1) is 4.86 Å². The van der Waals surface area contributed by atoms with Gasteiger partial charge in [0.15, 0.2) is 0 Å². The summed E-state index contributed by atoms with van der Waals surface area (Å²) in [6.07, 6.45) is 2.23. The molecule has 0 unspecified atom stereocenters. The fraction of sp³-hybridized carbons (Fsp3) is 0.136. The Morgan fingerprint density at radius 3 is 2.09 bits per heavy atom. The lowest BCUT2D eigenvalue weighted by Gasteiger charge is -2.14. The van der Waals surface area contributed by atoms with Crippen LogP contribution in [0.1, 0.15) is 30.0 Å². The summed E-state index contributed by atoms with van der Waals surface area (Å²) in [4.78, 5) is 0.910. The first-order valence-electron chi connectivity index (χ1n) is 8.08. The van der Waals surface area contributed by atoms with Crippen LogP contribution in [-0.2, 0) is 6.42 Å². The van der Waals surface area contributed by atoms with Crippen LogP contribution >= 0.6 is 12.2 Å². The summed E-state index contributed by atoms with van der Waals surface area (Å²) in [5.41, 5.74) is 6.15. The molecule has 0 aliphatic carbocycles. The van der Waals surface area contributed by atoms with Gasteiger partial charge >= 0.3 is 0 Å². The predicted octanol–water partition coefficient (Wildman–Crippen LogP) is 6.07. The second kappa shape index (κ2) is 7.34. The largest absolute Gasteiger partial charge is 0.0788 e. The lowest BCUT2D eigenvalue weighted by atomic mass is 9.91. The van der Waals surface area contributed by atoms with E-state index in [9.17, 15) is 0 Å². The van der Waals surface area contributed by atoms with Crippen LogP contribution in [0.15, 0.2) is 78.9 Å². The van der Waals surface area contributed by atoms with Gasteiger partial charge in [-0.05, 0) is 28.7 Å². The molecular weight excluding hydrogens is 296 g/mol. The van der Waals surface area contributed by atoms with Crippen molar-refractivity contribution < 1.29 is 0 Å². The molecule has 3 aromatic rings. The Kier molecular flexibility index (Phi) is 4.99. The van der Waals surface area contributed by atoms with Gasteiger partial charge in [0.1, 0.15) is 0 Å². The van der Waals surface area contributed by atoms with Gasteiger partial charge in [-0.25, -0.2) is 0 Å². The molecule has 0 nitrogen and oxygen atoms in total. The van der Waals surface area contributed by atoms with Crippen molar-refractivity contribution in [3.05, 3.63) is 95.6 Å². The average molecular weight is 316 g/mol. The van der Waals surface area contributed by atoms with Gasteiger partial charge in [-0.15, -0.1) is 0 Å². The van der Waals surface area contributed by atoms with Crippen LogP contribution in [0.4, 0.5) is 0 Å². The van der Waals surface area contributed by atoms with Gasteiger partial charge in [0.25, 0.3) is 0 Å². The van der Waals surface area contributed by atoms with E-state index in [1.165, 1.54) is 16.7 Å². The molecule has 23 heavy (non-hydrogen) atoms. The van der Waals surface area contributed by atoms with Crippen molar-refractivity contribution in [1.29, 1.82) is 0 Å². The number of thiocarbonyl (C=S) groups is 1. The second-order valence-electron chi connectivity index (χ2n) is 5.65. The smallest absolute Gasteiger partial charge is 0.0528 e. The van der Waals surface area contributed by atoms with Crippen molar-refractivity contribution >= 4 is 17.1 Å². The molecule has 3 rings (SSSR count). The highest BCUT2D eigenvalue weighted by Gasteiger charge is 2.12. The van der Waals surface area contributed by atoms with Gasteiger partial charge in [0, 0.05) is 5.56 Å². The van der Waals surface area contributed by atoms with Gasteiger partial charge in [-0.3, -0.25) is 0 Å². The molecule has 0 radical (unpaired) electrons. The Morgan fingerprint density at radius 2 is 1.35 bits per heavy atom. The fourth-order valence-electron chi connectivity index (χ4n) is 2.93. The van der Waals surface area contributed by atoms with E-state index in [0.29, 0.717) is 0 Å². The summed E-state index contributed by atoms with van der Waals surface area (Å²) >= 11 is 5.78. The number of rotatable bonds is 5. The molecule has 0 N–H and O–H groups in total. The fourth-order valence-corrected chi connectivity index (χ4v) is 3.25. The SMILES string of the molecule is CCCc1ccccc1-c1ccccc1C(=S)c1ccccc1. The topological polar surface area (TPSA) is 0 Å². The zero-order chi connectivity index (χ0) is 16.1. The highest BCUT2D eigenvalue weighted by molar-refractivity contribution is 7.81. The van der Waals surface area contributed by atoms with Crippen molar-refractivity contribution in [3.8, 4) is 11.1 Å². The minimum absolute atomic E-state index is 0.910. The summed E-state index contributed by atoms with van der Waals surface area (Å²) in [6, 6.07) is 27.4. The normalized spacial score (nSPS) is 10.5. The highest BCUT2D eigenvalue weighted by atomic mass is 32.1. The van der Waals surface area contributed by atoms with E-state index >= 15 is 0 Å². The highest BCUT2D eigenvalue weighted by Crippen LogP contribution is 2.29. The third-order valence-electron chi connectivity index (χ3n) is 4.03. The van der Waals surface area contributed by atoms with Gasteiger partial charge in [0.2, 0.25) is 0 Å². The predicted molar refractivity (Wildman–Crippen MR) is 103 cm³/mol. The zero-order valence-electron chi connectivity index (χ0n) is 13.3. The van der Waals surface area contributed by atoms with Crippen LogP contribution in [0.5, 0.6) is 0 Å². The molecular formula is C22H20S. The van der Waals surface area contributed by atoms with Gasteiger partial charge in [-0.1, -0.05) is 104 Å². The first-order chi connectivity index (χ1) is 11.3. The molecule has 0 amide bonds. The van der Waals surface area contributed by atoms with Crippen LogP contribution in [-0.4, -0.2) is 4.86 Å². The number of hydrogen-bond donors (Lipinski definition) is 0. The third kappa shape index (κ3) is 3.40. The molecule has 3 aromatic carbocycles. The molecule has 0 saturated carbocycles. The van der Waals surface area contributed by atoms with Crippen LogP contribution in [0.2, 0.25) is 0 Å². The maximum Gasteiger partial charge on any atom is 0.0528 e. The maximum atomic E-state index is 5.78. The lowest BCUT2D eigenvalue weighted by Crippen LogP contribution is -2.03. The Bertz CT molecular complexity index is 803. The van der Waals surface area contributed by atoms with E-state index in [-0.39, 0.29) is 0 Å². The third-order valence-corrected chi connectivity index (χ3v) is 4.49.